The van der Waals surface area contributed by atoms with E-state index < -0.39 is 34.5 Å². The molecule has 37 heavy (non-hydrogen) atoms. The lowest BCUT2D eigenvalue weighted by atomic mass is 9.64. The van der Waals surface area contributed by atoms with E-state index >= 15 is 0 Å². The van der Waals surface area contributed by atoms with Crippen molar-refractivity contribution < 1.29 is 37.7 Å². The third-order valence-corrected chi connectivity index (χ3v) is 9.04. The molecule has 0 spiro atoms. The third-order valence-electron chi connectivity index (χ3n) is 8.75. The number of aromatic carboxylic acids is 1. The topological polar surface area (TPSA) is 95.9 Å². The molecular formula is C27H29ClF3NO5. The zero-order valence-corrected chi connectivity index (χ0v) is 21.7. The van der Waals surface area contributed by atoms with Gasteiger partial charge in [0.15, 0.2) is 5.75 Å². The Kier molecular flexibility index (Phi) is 6.68. The van der Waals surface area contributed by atoms with Gasteiger partial charge in [-0.25, -0.2) is 4.79 Å². The molecular weight excluding hydrogens is 511 g/mol. The van der Waals surface area contributed by atoms with Crippen molar-refractivity contribution in [2.75, 3.05) is 5.32 Å². The fraction of sp³-hybridized carbons (Fsp3) is 0.481. The van der Waals surface area contributed by atoms with E-state index in [1.807, 2.05) is 0 Å². The molecule has 2 fully saturated rings. The number of nitrogens with one attached hydrogen (secondary N) is 1. The number of alkyl halides is 3. The molecule has 3 atom stereocenters. The minimum absolute atomic E-state index is 0.0610. The number of carboxylic acid groups (broad SMARTS) is 1. The van der Waals surface area contributed by atoms with E-state index in [2.05, 4.69) is 26.1 Å². The summed E-state index contributed by atoms with van der Waals surface area (Å²) in [4.78, 5) is 24.1. The van der Waals surface area contributed by atoms with Crippen LogP contribution in [-0.2, 0) is 17.5 Å². The number of hydrogen-bond acceptors (Lipinski definition) is 5. The van der Waals surface area contributed by atoms with Gasteiger partial charge in [0.25, 0.3) is 0 Å². The summed E-state index contributed by atoms with van der Waals surface area (Å²) in [6.07, 6.45) is -1.99. The maximum Gasteiger partial charge on any atom is 0.416 e. The smallest absolute Gasteiger partial charge is 0.416 e. The Morgan fingerprint density at radius 2 is 1.89 bits per heavy atom. The Bertz CT molecular complexity index is 1280. The van der Waals surface area contributed by atoms with Crippen LogP contribution < -0.4 is 10.1 Å². The minimum Gasteiger partial charge on any atom is -0.506 e. The van der Waals surface area contributed by atoms with Gasteiger partial charge in [0.1, 0.15) is 11.3 Å². The summed E-state index contributed by atoms with van der Waals surface area (Å²) in [6.45, 7) is 7.48. The van der Waals surface area contributed by atoms with E-state index in [0.29, 0.717) is 23.2 Å². The van der Waals surface area contributed by atoms with Crippen molar-refractivity contribution in [2.24, 2.45) is 16.7 Å². The van der Waals surface area contributed by atoms with Gasteiger partial charge in [0, 0.05) is 30.3 Å². The minimum atomic E-state index is -4.66. The van der Waals surface area contributed by atoms with Crippen molar-refractivity contribution in [2.45, 2.75) is 65.6 Å². The van der Waals surface area contributed by atoms with E-state index in [-0.39, 0.29) is 40.2 Å². The average Bonchev–Trinajstić information content (AvgIpc) is 3.12. The van der Waals surface area contributed by atoms with Crippen LogP contribution in [0.3, 0.4) is 0 Å². The van der Waals surface area contributed by atoms with Crippen molar-refractivity contribution in [3.63, 3.8) is 0 Å². The Labute approximate surface area is 217 Å². The number of halogens is 4. The number of hydrogen-bond donors (Lipinski definition) is 3. The highest BCUT2D eigenvalue weighted by atomic mass is 35.5. The van der Waals surface area contributed by atoms with Crippen molar-refractivity contribution in [1.29, 1.82) is 0 Å². The Balaban J connectivity index is 1.84. The van der Waals surface area contributed by atoms with Crippen LogP contribution >= 0.6 is 11.6 Å². The quantitative estimate of drug-likeness (QED) is 0.265. The number of fused-ring (bicyclic) bond motifs is 2. The molecule has 10 heteroatoms. The number of esters is 1. The molecule has 4 rings (SSSR count). The zero-order chi connectivity index (χ0) is 27.5. The Hall–Kier alpha value is -2.94. The fourth-order valence-electron chi connectivity index (χ4n) is 6.31. The number of carbonyl (C=O) groups is 2. The van der Waals surface area contributed by atoms with Crippen LogP contribution in [0.4, 0.5) is 18.9 Å². The predicted octanol–water partition coefficient (Wildman–Crippen LogP) is 7.23. The number of benzene rings is 2. The van der Waals surface area contributed by atoms with Crippen molar-refractivity contribution in [1.82, 2.24) is 0 Å². The van der Waals surface area contributed by atoms with Crippen LogP contribution in [-0.4, -0.2) is 22.2 Å². The van der Waals surface area contributed by atoms with Gasteiger partial charge >= 0.3 is 18.1 Å². The fourth-order valence-corrected chi connectivity index (χ4v) is 6.55. The summed E-state index contributed by atoms with van der Waals surface area (Å²) in [7, 11) is 0. The van der Waals surface area contributed by atoms with Crippen LogP contribution in [0.2, 0.25) is 5.02 Å². The molecule has 3 N–H and O–H groups in total. The lowest BCUT2D eigenvalue weighted by molar-refractivity contribution is -0.137. The van der Waals surface area contributed by atoms with Gasteiger partial charge in [0.05, 0.1) is 10.6 Å². The number of phenols is 1. The highest BCUT2D eigenvalue weighted by molar-refractivity contribution is 6.32. The summed E-state index contributed by atoms with van der Waals surface area (Å²) in [5.74, 6) is -2.30. The van der Waals surface area contributed by atoms with Crippen LogP contribution in [0.5, 0.6) is 11.5 Å². The number of anilines is 1. The molecule has 2 aliphatic carbocycles. The maximum atomic E-state index is 13.3. The molecule has 2 aliphatic rings. The molecule has 0 heterocycles. The SMILES string of the molecule is CC(=O)Oc1c(C(=O)O)ccc(NCc2cc(C(F)(F)F)cc(Cl)c2O)c1C1CC2CCC1(C)C2(C)C. The Morgan fingerprint density at radius 3 is 2.41 bits per heavy atom. The van der Waals surface area contributed by atoms with Crippen LogP contribution in [0.15, 0.2) is 24.3 Å². The molecule has 3 unspecified atom stereocenters. The molecule has 2 bridgehead atoms. The summed E-state index contributed by atoms with van der Waals surface area (Å²) in [5.41, 5.74) is -0.631. The number of ether oxygens (including phenoxy) is 1. The van der Waals surface area contributed by atoms with Crippen molar-refractivity contribution in [3.8, 4) is 11.5 Å². The molecule has 0 aromatic heterocycles. The molecule has 200 valence electrons. The van der Waals surface area contributed by atoms with Crippen LogP contribution in [0, 0.1) is 16.7 Å². The third kappa shape index (κ3) is 4.51. The predicted molar refractivity (Wildman–Crippen MR) is 132 cm³/mol. The highest BCUT2D eigenvalue weighted by Crippen LogP contribution is 2.72. The standard InChI is InChI=1S/C27H29ClF3NO5/c1-13(33)37-23-17(24(35)36)5-6-20(21(23)18-10-15-7-8-26(18,4)25(15,2)3)32-12-14-9-16(27(29,30)31)11-19(28)22(14)34/h5-6,9,11,15,18,32,34H,7-8,10,12H2,1-4H3,(H,35,36). The van der Waals surface area contributed by atoms with Crippen molar-refractivity contribution >= 4 is 29.2 Å². The van der Waals surface area contributed by atoms with E-state index in [4.69, 9.17) is 16.3 Å². The maximum absolute atomic E-state index is 13.3. The van der Waals surface area contributed by atoms with Gasteiger partial charge in [-0.2, -0.15) is 13.2 Å². The monoisotopic (exact) mass is 539 g/mol. The molecule has 0 radical (unpaired) electrons. The van der Waals surface area contributed by atoms with Gasteiger partial charge in [-0.1, -0.05) is 32.4 Å². The number of carboxylic acids is 1. The van der Waals surface area contributed by atoms with E-state index in [9.17, 15) is 33.0 Å². The van der Waals surface area contributed by atoms with Crippen LogP contribution in [0.1, 0.15) is 79.9 Å². The number of rotatable bonds is 6. The zero-order valence-electron chi connectivity index (χ0n) is 20.9. The second-order valence-electron chi connectivity index (χ2n) is 10.8. The Morgan fingerprint density at radius 1 is 1.22 bits per heavy atom. The number of aromatic hydroxyl groups is 1. The van der Waals surface area contributed by atoms with Crippen LogP contribution in [0.25, 0.3) is 0 Å². The van der Waals surface area contributed by atoms with Gasteiger partial charge < -0.3 is 20.3 Å². The second kappa shape index (κ2) is 9.11. The molecule has 2 aromatic carbocycles. The molecule has 2 saturated carbocycles. The summed E-state index contributed by atoms with van der Waals surface area (Å²) >= 11 is 5.87. The first-order chi connectivity index (χ1) is 17.1. The van der Waals surface area contributed by atoms with Gasteiger partial charge in [0.2, 0.25) is 0 Å². The number of phenolic OH excluding ortho intramolecular Hbond substituents is 1. The van der Waals surface area contributed by atoms with E-state index in [1.54, 1.807) is 0 Å². The molecule has 2 aromatic rings. The lowest BCUT2D eigenvalue weighted by Gasteiger charge is -2.40. The average molecular weight is 540 g/mol. The molecule has 0 aliphatic heterocycles. The summed E-state index contributed by atoms with van der Waals surface area (Å²) in [6, 6.07) is 4.30. The molecule has 0 amide bonds. The molecule has 0 saturated heterocycles. The first-order valence-electron chi connectivity index (χ1n) is 12.0. The lowest BCUT2D eigenvalue weighted by Crippen LogP contribution is -2.32. The first-order valence-corrected chi connectivity index (χ1v) is 12.4. The van der Waals surface area contributed by atoms with Crippen molar-refractivity contribution in [3.05, 3.63) is 51.5 Å². The highest BCUT2D eigenvalue weighted by Gasteiger charge is 2.62. The summed E-state index contributed by atoms with van der Waals surface area (Å²) < 4.78 is 45.5. The summed E-state index contributed by atoms with van der Waals surface area (Å²) in [5, 5.41) is 22.8. The van der Waals surface area contributed by atoms with Gasteiger partial charge in [-0.3, -0.25) is 4.79 Å². The normalized spacial score (nSPS) is 24.2. The van der Waals surface area contributed by atoms with E-state index in [0.717, 1.165) is 25.3 Å². The second-order valence-corrected chi connectivity index (χ2v) is 11.2. The van der Waals surface area contributed by atoms with E-state index in [1.165, 1.54) is 19.1 Å². The van der Waals surface area contributed by atoms with Gasteiger partial charge in [-0.05, 0) is 66.2 Å². The largest absolute Gasteiger partial charge is 0.506 e. The number of carbonyl (C=O) groups excluding carboxylic acids is 1. The molecule has 6 nitrogen and oxygen atoms in total. The first kappa shape index (κ1) is 27.1. The van der Waals surface area contributed by atoms with Gasteiger partial charge in [-0.15, -0.1) is 0 Å².